The van der Waals surface area contributed by atoms with Crippen LogP contribution in [0.15, 0.2) is 30.3 Å². The highest BCUT2D eigenvalue weighted by atomic mass is 32.2. The minimum Gasteiger partial charge on any atom is -0.325 e. The van der Waals surface area contributed by atoms with Crippen LogP contribution in [0.2, 0.25) is 0 Å². The summed E-state index contributed by atoms with van der Waals surface area (Å²) in [6.45, 7) is 0. The molecule has 1 unspecified atom stereocenters. The van der Waals surface area contributed by atoms with Crippen LogP contribution in [0.5, 0.6) is 0 Å². The van der Waals surface area contributed by atoms with Gasteiger partial charge in [0, 0.05) is 5.69 Å². The van der Waals surface area contributed by atoms with Gasteiger partial charge in [-0.15, -0.1) is 11.8 Å². The molecular weight excluding hydrogens is 194 g/mol. The van der Waals surface area contributed by atoms with E-state index in [9.17, 15) is 4.79 Å². The molecule has 2 nitrogen and oxygen atoms in total. The SMILES string of the molecule is O=C(Nc1ccccc1)C1CCCS1. The number of hydrogen-bond acceptors (Lipinski definition) is 2. The Balaban J connectivity index is 1.94. The molecule has 1 amide bonds. The third-order valence-electron chi connectivity index (χ3n) is 2.26. The summed E-state index contributed by atoms with van der Waals surface area (Å²) in [5, 5.41) is 3.09. The summed E-state index contributed by atoms with van der Waals surface area (Å²) in [5.41, 5.74) is 0.894. The number of anilines is 1. The Kier molecular flexibility index (Phi) is 3.09. The Morgan fingerprint density at radius 1 is 1.36 bits per heavy atom. The van der Waals surface area contributed by atoms with Crippen LogP contribution in [0.4, 0.5) is 5.69 Å². The summed E-state index contributed by atoms with van der Waals surface area (Å²) < 4.78 is 0. The maximum atomic E-state index is 11.7. The lowest BCUT2D eigenvalue weighted by Crippen LogP contribution is -2.22. The van der Waals surface area contributed by atoms with Gasteiger partial charge in [-0.05, 0) is 30.7 Å². The summed E-state index contributed by atoms with van der Waals surface area (Å²) in [6, 6.07) is 9.63. The van der Waals surface area contributed by atoms with E-state index in [-0.39, 0.29) is 11.2 Å². The van der Waals surface area contributed by atoms with Crippen LogP contribution in [0, 0.1) is 0 Å². The fourth-order valence-electron chi connectivity index (χ4n) is 1.53. The Morgan fingerprint density at radius 2 is 2.14 bits per heavy atom. The predicted molar refractivity (Wildman–Crippen MR) is 60.6 cm³/mol. The number of amides is 1. The minimum atomic E-state index is 0.152. The van der Waals surface area contributed by atoms with Crippen molar-refractivity contribution in [1.82, 2.24) is 0 Å². The summed E-state index contributed by atoms with van der Waals surface area (Å²) in [7, 11) is 0. The summed E-state index contributed by atoms with van der Waals surface area (Å²) in [6.07, 6.45) is 2.18. The maximum Gasteiger partial charge on any atom is 0.237 e. The number of para-hydroxylation sites is 1. The minimum absolute atomic E-state index is 0.152. The summed E-state index contributed by atoms with van der Waals surface area (Å²) in [5.74, 6) is 1.27. The van der Waals surface area contributed by atoms with E-state index in [1.807, 2.05) is 30.3 Å². The lowest BCUT2D eigenvalue weighted by atomic mass is 10.2. The first-order chi connectivity index (χ1) is 6.86. The van der Waals surface area contributed by atoms with Gasteiger partial charge in [0.05, 0.1) is 5.25 Å². The Labute approximate surface area is 88.1 Å². The first-order valence-corrected chi connectivity index (χ1v) is 5.88. The van der Waals surface area contributed by atoms with Gasteiger partial charge in [0.2, 0.25) is 5.91 Å². The fourth-order valence-corrected chi connectivity index (χ4v) is 2.69. The second kappa shape index (κ2) is 4.51. The number of rotatable bonds is 2. The number of hydrogen-bond donors (Lipinski definition) is 1. The van der Waals surface area contributed by atoms with E-state index in [1.165, 1.54) is 0 Å². The Hall–Kier alpha value is -0.960. The van der Waals surface area contributed by atoms with Crippen LogP contribution < -0.4 is 5.32 Å². The predicted octanol–water partition coefficient (Wildman–Crippen LogP) is 2.52. The van der Waals surface area contributed by atoms with Crippen LogP contribution in [-0.4, -0.2) is 16.9 Å². The van der Waals surface area contributed by atoms with Crippen LogP contribution >= 0.6 is 11.8 Å². The van der Waals surface area contributed by atoms with Gasteiger partial charge in [-0.25, -0.2) is 0 Å². The number of benzene rings is 1. The molecule has 1 fully saturated rings. The highest BCUT2D eigenvalue weighted by molar-refractivity contribution is 8.00. The van der Waals surface area contributed by atoms with Gasteiger partial charge in [-0.1, -0.05) is 18.2 Å². The van der Waals surface area contributed by atoms with Gasteiger partial charge >= 0.3 is 0 Å². The van der Waals surface area contributed by atoms with Crippen molar-refractivity contribution in [3.05, 3.63) is 30.3 Å². The zero-order chi connectivity index (χ0) is 9.80. The Morgan fingerprint density at radius 3 is 2.79 bits per heavy atom. The largest absolute Gasteiger partial charge is 0.325 e. The molecule has 0 radical (unpaired) electrons. The first kappa shape index (κ1) is 9.59. The third kappa shape index (κ3) is 2.29. The standard InChI is InChI=1S/C11H13NOS/c13-11(10-7-4-8-14-10)12-9-5-2-1-3-6-9/h1-3,5-6,10H,4,7-8H2,(H,12,13). The van der Waals surface area contributed by atoms with E-state index >= 15 is 0 Å². The second-order valence-corrected chi connectivity index (χ2v) is 4.67. The van der Waals surface area contributed by atoms with Crippen molar-refractivity contribution in [2.75, 3.05) is 11.1 Å². The molecule has 74 valence electrons. The summed E-state index contributed by atoms with van der Waals surface area (Å²) >= 11 is 1.76. The number of carbonyl (C=O) groups is 1. The zero-order valence-electron chi connectivity index (χ0n) is 7.90. The molecule has 0 bridgehead atoms. The van der Waals surface area contributed by atoms with Crippen LogP contribution in [0.25, 0.3) is 0 Å². The van der Waals surface area contributed by atoms with Gasteiger partial charge in [0.25, 0.3) is 0 Å². The molecule has 1 aliphatic rings. The van der Waals surface area contributed by atoms with Gasteiger partial charge in [0.15, 0.2) is 0 Å². The fraction of sp³-hybridized carbons (Fsp3) is 0.364. The van der Waals surface area contributed by atoms with Crippen molar-refractivity contribution in [3.8, 4) is 0 Å². The van der Waals surface area contributed by atoms with E-state index < -0.39 is 0 Å². The molecule has 1 aromatic rings. The van der Waals surface area contributed by atoms with E-state index in [0.717, 1.165) is 24.3 Å². The van der Waals surface area contributed by atoms with E-state index in [2.05, 4.69) is 5.32 Å². The molecule has 0 aliphatic carbocycles. The molecule has 1 heterocycles. The normalized spacial score (nSPS) is 20.7. The second-order valence-electron chi connectivity index (χ2n) is 3.36. The molecule has 0 saturated carbocycles. The maximum absolute atomic E-state index is 11.7. The van der Waals surface area contributed by atoms with Crippen molar-refractivity contribution in [2.24, 2.45) is 0 Å². The van der Waals surface area contributed by atoms with Gasteiger partial charge < -0.3 is 5.32 Å². The molecule has 1 aromatic carbocycles. The molecule has 1 atom stereocenters. The van der Waals surface area contributed by atoms with Crippen molar-refractivity contribution in [1.29, 1.82) is 0 Å². The van der Waals surface area contributed by atoms with Crippen molar-refractivity contribution in [3.63, 3.8) is 0 Å². The lowest BCUT2D eigenvalue weighted by molar-refractivity contribution is -0.115. The first-order valence-electron chi connectivity index (χ1n) is 4.84. The average Bonchev–Trinajstić information content (AvgIpc) is 2.72. The van der Waals surface area contributed by atoms with E-state index in [1.54, 1.807) is 11.8 Å². The highest BCUT2D eigenvalue weighted by Gasteiger charge is 2.22. The zero-order valence-corrected chi connectivity index (χ0v) is 8.72. The van der Waals surface area contributed by atoms with Crippen molar-refractivity contribution in [2.45, 2.75) is 18.1 Å². The van der Waals surface area contributed by atoms with Crippen molar-refractivity contribution < 1.29 is 4.79 Å². The van der Waals surface area contributed by atoms with Crippen LogP contribution in [-0.2, 0) is 4.79 Å². The van der Waals surface area contributed by atoms with Gasteiger partial charge in [0.1, 0.15) is 0 Å². The topological polar surface area (TPSA) is 29.1 Å². The molecule has 0 spiro atoms. The molecular formula is C11H13NOS. The summed E-state index contributed by atoms with van der Waals surface area (Å²) in [4.78, 5) is 11.7. The lowest BCUT2D eigenvalue weighted by Gasteiger charge is -2.09. The Bertz CT molecular complexity index is 306. The molecule has 1 aliphatic heterocycles. The number of carbonyl (C=O) groups excluding carboxylic acids is 1. The molecule has 14 heavy (non-hydrogen) atoms. The number of thioether (sulfide) groups is 1. The smallest absolute Gasteiger partial charge is 0.237 e. The third-order valence-corrected chi connectivity index (χ3v) is 3.64. The monoisotopic (exact) mass is 207 g/mol. The number of nitrogens with one attached hydrogen (secondary N) is 1. The van der Waals surface area contributed by atoms with E-state index in [0.29, 0.717) is 0 Å². The van der Waals surface area contributed by atoms with Crippen LogP contribution in [0.1, 0.15) is 12.8 Å². The molecule has 1 saturated heterocycles. The van der Waals surface area contributed by atoms with Crippen molar-refractivity contribution >= 4 is 23.4 Å². The van der Waals surface area contributed by atoms with E-state index in [4.69, 9.17) is 0 Å². The highest BCUT2D eigenvalue weighted by Crippen LogP contribution is 2.27. The molecule has 0 aromatic heterocycles. The van der Waals surface area contributed by atoms with Gasteiger partial charge in [-0.2, -0.15) is 0 Å². The molecule has 2 rings (SSSR count). The molecule has 1 N–H and O–H groups in total. The molecule has 3 heteroatoms. The van der Waals surface area contributed by atoms with Gasteiger partial charge in [-0.3, -0.25) is 4.79 Å². The quantitative estimate of drug-likeness (QED) is 0.807. The average molecular weight is 207 g/mol. The van der Waals surface area contributed by atoms with Crippen LogP contribution in [0.3, 0.4) is 0 Å².